The van der Waals surface area contributed by atoms with Crippen molar-refractivity contribution in [1.82, 2.24) is 20.0 Å². The van der Waals surface area contributed by atoms with Crippen LogP contribution in [0.4, 0.5) is 11.4 Å². The van der Waals surface area contributed by atoms with Gasteiger partial charge in [-0.2, -0.15) is 5.10 Å². The maximum absolute atomic E-state index is 12.9. The number of benzene rings is 1. The molecule has 1 saturated heterocycles. The van der Waals surface area contributed by atoms with E-state index in [1.54, 1.807) is 22.8 Å². The Hall–Kier alpha value is -2.35. The van der Waals surface area contributed by atoms with Crippen LogP contribution in [0.5, 0.6) is 0 Å². The highest BCUT2D eigenvalue weighted by molar-refractivity contribution is 14.0. The van der Waals surface area contributed by atoms with E-state index in [4.69, 9.17) is 0 Å². The molecule has 4 rings (SSSR count). The van der Waals surface area contributed by atoms with Crippen molar-refractivity contribution >= 4 is 57.2 Å². The summed E-state index contributed by atoms with van der Waals surface area (Å²) in [5, 5.41) is 7.22. The maximum Gasteiger partial charge on any atom is 0.246 e. The van der Waals surface area contributed by atoms with Gasteiger partial charge in [-0.15, -0.1) is 24.0 Å². The van der Waals surface area contributed by atoms with E-state index < -0.39 is 10.0 Å². The topological polar surface area (TPSA) is 103 Å². The summed E-state index contributed by atoms with van der Waals surface area (Å²) in [6.45, 7) is 1.95. The second-order valence-corrected chi connectivity index (χ2v) is 9.59. The summed E-state index contributed by atoms with van der Waals surface area (Å²) in [5.74, 6) is 0.420. The van der Waals surface area contributed by atoms with Gasteiger partial charge in [-0.3, -0.25) is 18.8 Å². The number of piperazine rings is 1. The first kappa shape index (κ1) is 24.3. The summed E-state index contributed by atoms with van der Waals surface area (Å²) in [6, 6.07) is 7.59. The minimum atomic E-state index is -3.45. The Morgan fingerprint density at radius 2 is 2.00 bits per heavy atom. The third kappa shape index (κ3) is 5.00. The lowest BCUT2D eigenvalue weighted by molar-refractivity contribution is -0.120. The molecular weight excluding hydrogens is 545 g/mol. The van der Waals surface area contributed by atoms with Crippen molar-refractivity contribution in [2.24, 2.45) is 12.0 Å². The van der Waals surface area contributed by atoms with Crippen LogP contribution >= 0.6 is 24.0 Å². The number of hydrogen-bond acceptors (Lipinski definition) is 5. The van der Waals surface area contributed by atoms with E-state index in [9.17, 15) is 13.2 Å². The number of aliphatic imine (C=N–C) groups is 1. The highest BCUT2D eigenvalue weighted by Gasteiger charge is 2.30. The zero-order valence-electron chi connectivity index (χ0n) is 18.1. The van der Waals surface area contributed by atoms with Crippen molar-refractivity contribution in [2.45, 2.75) is 6.42 Å². The average Bonchev–Trinajstić information content (AvgIpc) is 3.38. The van der Waals surface area contributed by atoms with E-state index in [-0.39, 0.29) is 48.7 Å². The number of aryl methyl sites for hydroxylation is 1. The molecule has 2 aromatic rings. The zero-order chi connectivity index (χ0) is 22.0. The number of aromatic nitrogens is 2. The Labute approximate surface area is 205 Å². The van der Waals surface area contributed by atoms with Gasteiger partial charge in [0, 0.05) is 46.5 Å². The number of nitrogens with one attached hydrogen (secondary N) is 1. The Balaban J connectivity index is 0.00000289. The normalized spacial score (nSPS) is 16.8. The molecule has 0 aliphatic carbocycles. The number of nitrogens with zero attached hydrogens (tertiary/aromatic N) is 6. The van der Waals surface area contributed by atoms with Gasteiger partial charge in [0.1, 0.15) is 6.54 Å². The molecule has 0 spiro atoms. The molecule has 2 aliphatic rings. The number of carbonyl (C=O) groups excluding carboxylic acids is 1. The Morgan fingerprint density at radius 3 is 2.69 bits per heavy atom. The number of anilines is 2. The summed E-state index contributed by atoms with van der Waals surface area (Å²) in [7, 11) is -0.00761. The number of guanidine groups is 1. The maximum atomic E-state index is 12.9. The van der Waals surface area contributed by atoms with Crippen LogP contribution in [0.1, 0.15) is 5.56 Å². The third-order valence-corrected chi connectivity index (χ3v) is 7.33. The lowest BCUT2D eigenvalue weighted by Crippen LogP contribution is -2.55. The van der Waals surface area contributed by atoms with Crippen LogP contribution in [-0.2, 0) is 28.3 Å². The standard InChI is InChI=1S/C20H27N7O3S.HI/c1-21-20(25-10-11-26(19(28)15-25)17-13-23-24(2)14-17)22-8-12-31(29,30)27-9-7-16-5-3-4-6-18(16)27;/h3-6,13-14H,7-12,15H2,1-2H3,(H,21,22);1H. The van der Waals surface area contributed by atoms with Gasteiger partial charge < -0.3 is 15.1 Å². The van der Waals surface area contributed by atoms with E-state index >= 15 is 0 Å². The number of para-hydroxylation sites is 1. The Bertz CT molecular complexity index is 1100. The fourth-order valence-corrected chi connectivity index (χ4v) is 5.43. The lowest BCUT2D eigenvalue weighted by Gasteiger charge is -2.35. The molecule has 174 valence electrons. The van der Waals surface area contributed by atoms with E-state index in [1.807, 2.05) is 42.4 Å². The summed E-state index contributed by atoms with van der Waals surface area (Å²) in [5.41, 5.74) is 2.59. The number of halogens is 1. The van der Waals surface area contributed by atoms with E-state index in [1.165, 1.54) is 4.31 Å². The number of amides is 1. The van der Waals surface area contributed by atoms with Crippen LogP contribution in [0.2, 0.25) is 0 Å². The van der Waals surface area contributed by atoms with Crippen molar-refractivity contribution in [3.8, 4) is 0 Å². The van der Waals surface area contributed by atoms with Crippen molar-refractivity contribution in [3.05, 3.63) is 42.2 Å². The van der Waals surface area contributed by atoms with Gasteiger partial charge in [0.25, 0.3) is 0 Å². The molecule has 0 radical (unpaired) electrons. The second kappa shape index (κ2) is 10.1. The van der Waals surface area contributed by atoms with Crippen molar-refractivity contribution in [2.75, 3.05) is 54.7 Å². The minimum Gasteiger partial charge on any atom is -0.355 e. The summed E-state index contributed by atoms with van der Waals surface area (Å²) in [4.78, 5) is 20.4. The van der Waals surface area contributed by atoms with Gasteiger partial charge in [-0.25, -0.2) is 8.42 Å². The van der Waals surface area contributed by atoms with Gasteiger partial charge in [0.15, 0.2) is 5.96 Å². The molecule has 1 aromatic carbocycles. The predicted molar refractivity (Wildman–Crippen MR) is 135 cm³/mol. The second-order valence-electron chi connectivity index (χ2n) is 7.58. The van der Waals surface area contributed by atoms with Crippen molar-refractivity contribution < 1.29 is 13.2 Å². The van der Waals surface area contributed by atoms with Crippen LogP contribution in [-0.4, -0.2) is 80.5 Å². The summed E-state index contributed by atoms with van der Waals surface area (Å²) < 4.78 is 28.9. The molecule has 0 atom stereocenters. The molecule has 2 aliphatic heterocycles. The molecule has 3 heterocycles. The first-order valence-corrected chi connectivity index (χ1v) is 11.8. The molecule has 12 heteroatoms. The molecular formula is C20H28IN7O3S. The molecule has 0 bridgehead atoms. The van der Waals surface area contributed by atoms with Crippen LogP contribution < -0.4 is 14.5 Å². The largest absolute Gasteiger partial charge is 0.355 e. The van der Waals surface area contributed by atoms with Crippen molar-refractivity contribution in [1.29, 1.82) is 0 Å². The Morgan fingerprint density at radius 1 is 1.22 bits per heavy atom. The van der Waals surface area contributed by atoms with E-state index in [2.05, 4.69) is 15.4 Å². The van der Waals surface area contributed by atoms with E-state index in [0.29, 0.717) is 25.6 Å². The van der Waals surface area contributed by atoms with Gasteiger partial charge in [0.05, 0.1) is 23.3 Å². The fourth-order valence-electron chi connectivity index (χ4n) is 4.01. The van der Waals surface area contributed by atoms with Crippen LogP contribution in [0.15, 0.2) is 41.7 Å². The quantitative estimate of drug-likeness (QED) is 0.321. The molecule has 0 unspecified atom stereocenters. The van der Waals surface area contributed by atoms with Crippen LogP contribution in [0.3, 0.4) is 0 Å². The first-order chi connectivity index (χ1) is 14.9. The molecule has 32 heavy (non-hydrogen) atoms. The Kier molecular flexibility index (Phi) is 7.64. The molecule has 1 fully saturated rings. The SMILES string of the molecule is CN=C(NCCS(=O)(=O)N1CCc2ccccc21)N1CCN(c2cnn(C)c2)C(=O)C1.I. The first-order valence-electron chi connectivity index (χ1n) is 10.2. The third-order valence-electron chi connectivity index (χ3n) is 5.56. The lowest BCUT2D eigenvalue weighted by atomic mass is 10.2. The molecule has 1 N–H and O–H groups in total. The predicted octanol–water partition coefficient (Wildman–Crippen LogP) is 0.655. The monoisotopic (exact) mass is 573 g/mol. The minimum absolute atomic E-state index is 0. The number of sulfonamides is 1. The van der Waals surface area contributed by atoms with Gasteiger partial charge in [-0.05, 0) is 18.1 Å². The number of hydrogen-bond donors (Lipinski definition) is 1. The van der Waals surface area contributed by atoms with Gasteiger partial charge in [0.2, 0.25) is 15.9 Å². The molecule has 10 nitrogen and oxygen atoms in total. The number of carbonyl (C=O) groups is 1. The fraction of sp³-hybridized carbons (Fsp3) is 0.450. The molecule has 1 aromatic heterocycles. The number of fused-ring (bicyclic) bond motifs is 1. The highest BCUT2D eigenvalue weighted by atomic mass is 127. The van der Waals surface area contributed by atoms with E-state index in [0.717, 1.165) is 23.4 Å². The smallest absolute Gasteiger partial charge is 0.246 e. The number of rotatable bonds is 5. The summed E-state index contributed by atoms with van der Waals surface area (Å²) in [6.07, 6.45) is 4.21. The zero-order valence-corrected chi connectivity index (χ0v) is 21.3. The van der Waals surface area contributed by atoms with Crippen LogP contribution in [0, 0.1) is 0 Å². The van der Waals surface area contributed by atoms with Gasteiger partial charge >= 0.3 is 0 Å². The molecule has 0 saturated carbocycles. The highest BCUT2D eigenvalue weighted by Crippen LogP contribution is 2.29. The van der Waals surface area contributed by atoms with Crippen molar-refractivity contribution in [3.63, 3.8) is 0 Å². The summed E-state index contributed by atoms with van der Waals surface area (Å²) >= 11 is 0. The van der Waals surface area contributed by atoms with Crippen LogP contribution in [0.25, 0.3) is 0 Å². The molecule has 1 amide bonds. The average molecular weight is 573 g/mol. The van der Waals surface area contributed by atoms with Gasteiger partial charge in [-0.1, -0.05) is 18.2 Å².